The van der Waals surface area contributed by atoms with Crippen molar-refractivity contribution in [1.82, 2.24) is 4.90 Å². The topological polar surface area (TPSA) is 46.3 Å². The molecule has 1 aromatic carbocycles. The van der Waals surface area contributed by atoms with Crippen LogP contribution in [0.3, 0.4) is 0 Å². The Hall–Kier alpha value is -1.13. The molecule has 2 rings (SSSR count). The number of hydrogen-bond acceptors (Lipinski definition) is 2. The number of carbonyl (C=O) groups is 1. The number of likely N-dealkylation sites (tertiary alicyclic amines) is 1. The van der Waals surface area contributed by atoms with Crippen molar-refractivity contribution in [2.45, 2.75) is 19.0 Å². The van der Waals surface area contributed by atoms with E-state index in [9.17, 15) is 9.18 Å². The van der Waals surface area contributed by atoms with Gasteiger partial charge in [-0.3, -0.25) is 4.79 Å². The fraction of sp³-hybridized carbons (Fsp3) is 0.364. The Morgan fingerprint density at radius 1 is 1.56 bits per heavy atom. The van der Waals surface area contributed by atoms with Gasteiger partial charge in [-0.15, -0.1) is 0 Å². The maximum atomic E-state index is 12.9. The predicted octanol–water partition coefficient (Wildman–Crippen LogP) is 1.54. The van der Waals surface area contributed by atoms with Crippen LogP contribution in [0.25, 0.3) is 0 Å². The van der Waals surface area contributed by atoms with Crippen molar-refractivity contribution in [2.75, 3.05) is 6.54 Å². The Morgan fingerprint density at radius 3 is 2.88 bits per heavy atom. The van der Waals surface area contributed by atoms with Gasteiger partial charge in [0.1, 0.15) is 5.82 Å². The Balaban J connectivity index is 2.10. The average molecular weight is 243 g/mol. The molecule has 16 heavy (non-hydrogen) atoms. The minimum atomic E-state index is -0.449. The molecule has 3 nitrogen and oxygen atoms in total. The Kier molecular flexibility index (Phi) is 3.12. The summed E-state index contributed by atoms with van der Waals surface area (Å²) in [6.45, 7) is 1.08. The Bertz CT molecular complexity index is 424. The molecular formula is C11H12ClFN2O. The Morgan fingerprint density at radius 2 is 2.31 bits per heavy atom. The van der Waals surface area contributed by atoms with Crippen molar-refractivity contribution in [3.05, 3.63) is 34.6 Å². The molecule has 1 aliphatic heterocycles. The first-order valence-electron chi connectivity index (χ1n) is 5.06. The van der Waals surface area contributed by atoms with E-state index in [1.807, 2.05) is 0 Å². The van der Waals surface area contributed by atoms with Crippen molar-refractivity contribution in [1.29, 1.82) is 0 Å². The molecule has 0 aliphatic carbocycles. The summed E-state index contributed by atoms with van der Waals surface area (Å²) >= 11 is 5.66. The molecule has 0 bridgehead atoms. The van der Waals surface area contributed by atoms with E-state index in [2.05, 4.69) is 0 Å². The SMILES string of the molecule is NC1CCN(Cc2ccc(F)c(Cl)c2)C1=O. The van der Waals surface area contributed by atoms with E-state index < -0.39 is 11.9 Å². The normalized spacial score (nSPS) is 20.6. The predicted molar refractivity (Wildman–Crippen MR) is 59.4 cm³/mol. The van der Waals surface area contributed by atoms with Crippen molar-refractivity contribution < 1.29 is 9.18 Å². The molecule has 5 heteroatoms. The first kappa shape index (κ1) is 11.4. The fourth-order valence-electron chi connectivity index (χ4n) is 1.78. The van der Waals surface area contributed by atoms with E-state index in [-0.39, 0.29) is 10.9 Å². The molecule has 1 unspecified atom stereocenters. The summed E-state index contributed by atoms with van der Waals surface area (Å²) in [5.74, 6) is -0.504. The number of amides is 1. The summed E-state index contributed by atoms with van der Waals surface area (Å²) in [7, 11) is 0. The number of nitrogens with two attached hydrogens (primary N) is 1. The van der Waals surface area contributed by atoms with Crippen LogP contribution in [0.4, 0.5) is 4.39 Å². The monoisotopic (exact) mass is 242 g/mol. The number of hydrogen-bond donors (Lipinski definition) is 1. The van der Waals surface area contributed by atoms with Crippen LogP contribution >= 0.6 is 11.6 Å². The number of carbonyl (C=O) groups excluding carboxylic acids is 1. The van der Waals surface area contributed by atoms with E-state index in [1.165, 1.54) is 12.1 Å². The molecule has 1 aliphatic rings. The average Bonchev–Trinajstić information content (AvgIpc) is 2.55. The van der Waals surface area contributed by atoms with Gasteiger partial charge >= 0.3 is 0 Å². The van der Waals surface area contributed by atoms with Gasteiger partial charge in [-0.05, 0) is 24.1 Å². The van der Waals surface area contributed by atoms with Gasteiger partial charge in [0.25, 0.3) is 0 Å². The van der Waals surface area contributed by atoms with Crippen LogP contribution in [0.2, 0.25) is 5.02 Å². The van der Waals surface area contributed by atoms with Gasteiger partial charge in [0.05, 0.1) is 11.1 Å². The highest BCUT2D eigenvalue weighted by atomic mass is 35.5. The second-order valence-electron chi connectivity index (χ2n) is 3.90. The van der Waals surface area contributed by atoms with Gasteiger partial charge in [0, 0.05) is 13.1 Å². The maximum Gasteiger partial charge on any atom is 0.239 e. The van der Waals surface area contributed by atoms with Crippen molar-refractivity contribution in [3.63, 3.8) is 0 Å². The smallest absolute Gasteiger partial charge is 0.239 e. The lowest BCUT2D eigenvalue weighted by molar-refractivity contribution is -0.129. The molecule has 1 saturated heterocycles. The summed E-state index contributed by atoms with van der Waals surface area (Å²) in [6, 6.07) is 4.07. The zero-order valence-corrected chi connectivity index (χ0v) is 9.38. The van der Waals surface area contributed by atoms with Crippen molar-refractivity contribution >= 4 is 17.5 Å². The van der Waals surface area contributed by atoms with Crippen molar-refractivity contribution in [3.8, 4) is 0 Å². The van der Waals surface area contributed by atoms with Gasteiger partial charge in [-0.25, -0.2) is 4.39 Å². The first-order chi connectivity index (χ1) is 7.58. The molecule has 0 saturated carbocycles. The molecule has 2 N–H and O–H groups in total. The molecule has 1 fully saturated rings. The minimum Gasteiger partial charge on any atom is -0.337 e. The molecule has 0 aromatic heterocycles. The maximum absolute atomic E-state index is 12.9. The standard InChI is InChI=1S/C11H12ClFN2O/c12-8-5-7(1-2-9(8)13)6-15-4-3-10(14)11(15)16/h1-2,5,10H,3-4,6,14H2. The first-order valence-corrected chi connectivity index (χ1v) is 5.44. The van der Waals surface area contributed by atoms with Crippen molar-refractivity contribution in [2.24, 2.45) is 5.73 Å². The summed E-state index contributed by atoms with van der Waals surface area (Å²) in [6.07, 6.45) is 0.674. The van der Waals surface area contributed by atoms with Crippen LogP contribution in [-0.4, -0.2) is 23.4 Å². The fourth-order valence-corrected chi connectivity index (χ4v) is 1.98. The third-order valence-corrected chi connectivity index (χ3v) is 2.99. The van der Waals surface area contributed by atoms with E-state index >= 15 is 0 Å². The number of nitrogens with zero attached hydrogens (tertiary/aromatic N) is 1. The largest absolute Gasteiger partial charge is 0.337 e. The highest BCUT2D eigenvalue weighted by Gasteiger charge is 2.28. The zero-order chi connectivity index (χ0) is 11.7. The number of benzene rings is 1. The third kappa shape index (κ3) is 2.18. The minimum absolute atomic E-state index is 0.0551. The van der Waals surface area contributed by atoms with Crippen LogP contribution in [0, 0.1) is 5.82 Å². The van der Waals surface area contributed by atoms with Crippen LogP contribution in [0.5, 0.6) is 0 Å². The van der Waals surface area contributed by atoms with Crippen LogP contribution in [0.1, 0.15) is 12.0 Å². The van der Waals surface area contributed by atoms with E-state index in [0.29, 0.717) is 19.5 Å². The van der Waals surface area contributed by atoms with Gasteiger partial charge in [-0.2, -0.15) is 0 Å². The highest BCUT2D eigenvalue weighted by molar-refractivity contribution is 6.30. The molecule has 1 heterocycles. The molecule has 1 aromatic rings. The van der Waals surface area contributed by atoms with E-state index in [0.717, 1.165) is 5.56 Å². The summed E-state index contributed by atoms with van der Waals surface area (Å²) < 4.78 is 12.9. The number of rotatable bonds is 2. The van der Waals surface area contributed by atoms with Gasteiger partial charge < -0.3 is 10.6 Å². The van der Waals surface area contributed by atoms with Crippen LogP contribution < -0.4 is 5.73 Å². The lowest BCUT2D eigenvalue weighted by atomic mass is 10.2. The van der Waals surface area contributed by atoms with Crippen LogP contribution in [-0.2, 0) is 11.3 Å². The van der Waals surface area contributed by atoms with E-state index in [4.69, 9.17) is 17.3 Å². The second-order valence-corrected chi connectivity index (χ2v) is 4.31. The summed E-state index contributed by atoms with van der Waals surface area (Å²) in [4.78, 5) is 13.2. The lowest BCUT2D eigenvalue weighted by Crippen LogP contribution is -2.33. The second kappa shape index (κ2) is 4.39. The van der Waals surface area contributed by atoms with Gasteiger partial charge in [-0.1, -0.05) is 17.7 Å². The third-order valence-electron chi connectivity index (χ3n) is 2.70. The zero-order valence-electron chi connectivity index (χ0n) is 8.62. The van der Waals surface area contributed by atoms with Gasteiger partial charge in [0.15, 0.2) is 0 Å². The molecule has 0 spiro atoms. The number of halogens is 2. The molecule has 0 radical (unpaired) electrons. The summed E-state index contributed by atoms with van der Waals surface area (Å²) in [5, 5.41) is 0.0773. The quantitative estimate of drug-likeness (QED) is 0.855. The molecule has 1 atom stereocenters. The highest BCUT2D eigenvalue weighted by Crippen LogP contribution is 2.19. The van der Waals surface area contributed by atoms with Gasteiger partial charge in [0.2, 0.25) is 5.91 Å². The molecule has 86 valence electrons. The van der Waals surface area contributed by atoms with Crippen LogP contribution in [0.15, 0.2) is 18.2 Å². The Labute approximate surface area is 98.0 Å². The molecule has 1 amide bonds. The summed E-state index contributed by atoms with van der Waals surface area (Å²) in [5.41, 5.74) is 6.41. The van der Waals surface area contributed by atoms with E-state index in [1.54, 1.807) is 11.0 Å². The molecular weight excluding hydrogens is 231 g/mol. The lowest BCUT2D eigenvalue weighted by Gasteiger charge is -2.16.